The van der Waals surface area contributed by atoms with Crippen molar-refractivity contribution in [2.75, 3.05) is 13.2 Å². The fourth-order valence-corrected chi connectivity index (χ4v) is 10.4. The van der Waals surface area contributed by atoms with E-state index in [1.807, 2.05) is 0 Å². The normalized spacial score (nSPS) is 12.6. The third-order valence-corrected chi connectivity index (χ3v) is 15.7. The molecule has 0 aliphatic rings. The average Bonchev–Trinajstić information content (AvgIpc) is 3.48. The number of allylic oxidation sites excluding steroid dienone is 14. The Kier molecular flexibility index (Phi) is 67.2. The van der Waals surface area contributed by atoms with E-state index < -0.39 is 6.10 Å². The minimum Gasteiger partial charge on any atom is -0.462 e. The Hall–Kier alpha value is -3.41. The summed E-state index contributed by atoms with van der Waals surface area (Å²) in [5, 5.41) is 0. The lowest BCUT2D eigenvalue weighted by Crippen LogP contribution is -2.30. The van der Waals surface area contributed by atoms with Gasteiger partial charge < -0.3 is 14.2 Å². The zero-order valence-electron chi connectivity index (χ0n) is 54.5. The van der Waals surface area contributed by atoms with Crippen LogP contribution in [-0.4, -0.2) is 37.2 Å². The van der Waals surface area contributed by atoms with Crippen molar-refractivity contribution in [2.24, 2.45) is 0 Å². The van der Waals surface area contributed by atoms with E-state index in [9.17, 15) is 14.4 Å². The quantitative estimate of drug-likeness (QED) is 0.0261. The second kappa shape index (κ2) is 70.1. The highest BCUT2D eigenvalue weighted by atomic mass is 16.6. The van der Waals surface area contributed by atoms with Crippen LogP contribution < -0.4 is 0 Å². The standard InChI is InChI=1S/C76H134O6/c1-4-7-10-13-16-19-21-23-25-27-29-31-33-35-37-39-40-42-44-46-48-50-52-54-57-60-63-66-69-75(78)81-72-73(71-80-74(77)68-65-62-59-56-18-15-12-9-6-3)82-76(79)70-67-64-61-58-55-53-51-49-47-45-43-41-38-36-34-32-30-28-26-24-22-20-17-14-11-8-5-2/h8,11,17,20,24,26,30,32,36,38,43,45,49,51,73H,4-7,9-10,12-16,18-19,21-23,25,27-29,31,33-35,37,39-42,44,46-48,50,52-72H2,1-3H3/b11-8-,20-17-,26-24-,32-30-,38-36-,45-43-,51-49-. The zero-order valence-corrected chi connectivity index (χ0v) is 54.5. The number of hydrogen-bond acceptors (Lipinski definition) is 6. The third kappa shape index (κ3) is 67.4. The molecule has 0 aliphatic heterocycles. The van der Waals surface area contributed by atoms with Crippen LogP contribution in [0.3, 0.4) is 0 Å². The molecule has 0 N–H and O–H groups in total. The van der Waals surface area contributed by atoms with Gasteiger partial charge in [-0.05, 0) is 77.0 Å². The van der Waals surface area contributed by atoms with Crippen LogP contribution in [0.5, 0.6) is 0 Å². The summed E-state index contributed by atoms with van der Waals surface area (Å²) in [5.41, 5.74) is 0. The van der Waals surface area contributed by atoms with Gasteiger partial charge in [-0.1, -0.05) is 350 Å². The Balaban J connectivity index is 4.18. The van der Waals surface area contributed by atoms with Crippen LogP contribution in [0.15, 0.2) is 85.1 Å². The van der Waals surface area contributed by atoms with Crippen molar-refractivity contribution in [2.45, 2.75) is 367 Å². The van der Waals surface area contributed by atoms with Crippen LogP contribution in [0.4, 0.5) is 0 Å². The molecule has 0 rings (SSSR count). The van der Waals surface area contributed by atoms with Gasteiger partial charge in [0.25, 0.3) is 0 Å². The Morgan fingerprint density at radius 3 is 0.744 bits per heavy atom. The zero-order chi connectivity index (χ0) is 59.2. The molecule has 0 aromatic heterocycles. The van der Waals surface area contributed by atoms with E-state index in [-0.39, 0.29) is 31.1 Å². The minimum atomic E-state index is -0.785. The summed E-state index contributed by atoms with van der Waals surface area (Å²) in [4.78, 5) is 38.3. The van der Waals surface area contributed by atoms with Gasteiger partial charge in [-0.3, -0.25) is 14.4 Å². The first-order valence-electron chi connectivity index (χ1n) is 35.6. The van der Waals surface area contributed by atoms with Gasteiger partial charge in [-0.15, -0.1) is 0 Å². The summed E-state index contributed by atoms with van der Waals surface area (Å²) < 4.78 is 16.9. The topological polar surface area (TPSA) is 78.9 Å². The van der Waals surface area contributed by atoms with Gasteiger partial charge in [0.1, 0.15) is 13.2 Å². The summed E-state index contributed by atoms with van der Waals surface area (Å²) in [6.07, 6.45) is 93.5. The molecule has 474 valence electrons. The Bertz CT molecular complexity index is 1550. The van der Waals surface area contributed by atoms with Gasteiger partial charge in [0.05, 0.1) is 0 Å². The first-order chi connectivity index (χ1) is 40.5. The highest BCUT2D eigenvalue weighted by molar-refractivity contribution is 5.71. The van der Waals surface area contributed by atoms with Crippen LogP contribution >= 0.6 is 0 Å². The summed E-state index contributed by atoms with van der Waals surface area (Å²) in [6.45, 7) is 6.54. The molecule has 0 saturated carbocycles. The molecule has 0 bridgehead atoms. The predicted octanol–water partition coefficient (Wildman–Crippen LogP) is 24.6. The first-order valence-corrected chi connectivity index (χ1v) is 35.6. The summed E-state index contributed by atoms with van der Waals surface area (Å²) in [7, 11) is 0. The van der Waals surface area contributed by atoms with E-state index in [1.165, 1.54) is 199 Å². The first kappa shape index (κ1) is 78.6. The summed E-state index contributed by atoms with van der Waals surface area (Å²) >= 11 is 0. The molecule has 1 atom stereocenters. The van der Waals surface area contributed by atoms with E-state index in [1.54, 1.807) is 0 Å². The van der Waals surface area contributed by atoms with Gasteiger partial charge in [0.2, 0.25) is 0 Å². The molecule has 0 radical (unpaired) electrons. The fraction of sp³-hybridized carbons (Fsp3) is 0.776. The molecule has 1 unspecified atom stereocenters. The second-order valence-corrected chi connectivity index (χ2v) is 23.8. The SMILES string of the molecule is CC/C=C\C/C=C\C/C=C\C/C=C\C/C=C\C/C=C\C/C=C\CCCCCCCC(=O)OC(COC(=O)CCCCCCCCCCC)COC(=O)CCCCCCCCCCCCCCCCCCCCCCCCCCCCCC. The van der Waals surface area contributed by atoms with Gasteiger partial charge in [0, 0.05) is 19.3 Å². The molecule has 0 saturated heterocycles. The Morgan fingerprint density at radius 1 is 0.256 bits per heavy atom. The number of esters is 3. The van der Waals surface area contributed by atoms with Crippen LogP contribution in [0, 0.1) is 0 Å². The lowest BCUT2D eigenvalue weighted by molar-refractivity contribution is -0.167. The van der Waals surface area contributed by atoms with Crippen molar-refractivity contribution < 1.29 is 28.6 Å². The van der Waals surface area contributed by atoms with E-state index in [2.05, 4.69) is 106 Å². The van der Waals surface area contributed by atoms with E-state index in [0.717, 1.165) is 122 Å². The number of ether oxygens (including phenoxy) is 3. The maximum absolute atomic E-state index is 12.9. The molecular weight excluding hydrogens is 1010 g/mol. The molecule has 0 aromatic rings. The van der Waals surface area contributed by atoms with Crippen LogP contribution in [0.25, 0.3) is 0 Å². The molecule has 82 heavy (non-hydrogen) atoms. The van der Waals surface area contributed by atoms with Gasteiger partial charge >= 0.3 is 17.9 Å². The van der Waals surface area contributed by atoms with Crippen molar-refractivity contribution in [1.29, 1.82) is 0 Å². The van der Waals surface area contributed by atoms with Crippen molar-refractivity contribution in [3.05, 3.63) is 85.1 Å². The molecule has 0 amide bonds. The lowest BCUT2D eigenvalue weighted by atomic mass is 10.0. The summed E-state index contributed by atoms with van der Waals surface area (Å²) in [5.74, 6) is -0.885. The van der Waals surface area contributed by atoms with Crippen molar-refractivity contribution >= 4 is 17.9 Å². The third-order valence-electron chi connectivity index (χ3n) is 15.7. The second-order valence-electron chi connectivity index (χ2n) is 23.8. The molecule has 0 fully saturated rings. The number of carbonyl (C=O) groups is 3. The van der Waals surface area contributed by atoms with Gasteiger partial charge in [-0.2, -0.15) is 0 Å². The van der Waals surface area contributed by atoms with Crippen molar-refractivity contribution in [3.63, 3.8) is 0 Å². The number of carbonyl (C=O) groups excluding carboxylic acids is 3. The molecular formula is C76H134O6. The molecule has 0 aromatic carbocycles. The van der Waals surface area contributed by atoms with Crippen LogP contribution in [-0.2, 0) is 28.6 Å². The maximum Gasteiger partial charge on any atom is 0.306 e. The monoisotopic (exact) mass is 1140 g/mol. The maximum atomic E-state index is 12.9. The molecule has 6 heteroatoms. The summed E-state index contributed by atoms with van der Waals surface area (Å²) in [6, 6.07) is 0. The minimum absolute atomic E-state index is 0.0803. The van der Waals surface area contributed by atoms with Crippen LogP contribution in [0.1, 0.15) is 361 Å². The van der Waals surface area contributed by atoms with Gasteiger partial charge in [0.15, 0.2) is 6.10 Å². The van der Waals surface area contributed by atoms with E-state index in [0.29, 0.717) is 19.3 Å². The van der Waals surface area contributed by atoms with E-state index >= 15 is 0 Å². The Morgan fingerprint density at radius 2 is 0.476 bits per heavy atom. The number of hydrogen-bond donors (Lipinski definition) is 0. The van der Waals surface area contributed by atoms with Gasteiger partial charge in [-0.25, -0.2) is 0 Å². The highest BCUT2D eigenvalue weighted by Gasteiger charge is 2.19. The highest BCUT2D eigenvalue weighted by Crippen LogP contribution is 2.18. The average molecular weight is 1140 g/mol. The Labute approximate surface area is 509 Å². The molecule has 0 aliphatic carbocycles. The van der Waals surface area contributed by atoms with Crippen molar-refractivity contribution in [1.82, 2.24) is 0 Å². The van der Waals surface area contributed by atoms with Crippen LogP contribution in [0.2, 0.25) is 0 Å². The molecule has 6 nitrogen and oxygen atoms in total. The molecule has 0 spiro atoms. The number of rotatable bonds is 65. The smallest absolute Gasteiger partial charge is 0.306 e. The fourth-order valence-electron chi connectivity index (χ4n) is 10.4. The van der Waals surface area contributed by atoms with Crippen molar-refractivity contribution in [3.8, 4) is 0 Å². The largest absolute Gasteiger partial charge is 0.462 e. The van der Waals surface area contributed by atoms with E-state index in [4.69, 9.17) is 14.2 Å². The lowest BCUT2D eigenvalue weighted by Gasteiger charge is -2.18. The number of unbranched alkanes of at least 4 members (excludes halogenated alkanes) is 40. The predicted molar refractivity (Wildman–Crippen MR) is 358 cm³/mol. The molecule has 0 heterocycles.